The third-order valence-electron chi connectivity index (χ3n) is 4.72. The molecule has 138 valence electrons. The van der Waals surface area contributed by atoms with Crippen LogP contribution in [0.4, 0.5) is 5.69 Å². The topological polar surface area (TPSA) is 92.5 Å². The predicted octanol–water partition coefficient (Wildman–Crippen LogP) is 1.79. The first-order valence-corrected chi connectivity index (χ1v) is 10.1. The van der Waals surface area contributed by atoms with Gasteiger partial charge in [-0.3, -0.25) is 4.79 Å². The third-order valence-corrected chi connectivity index (χ3v) is 5.65. The number of hydrogen-bond donors (Lipinski definition) is 2. The predicted molar refractivity (Wildman–Crippen MR) is 101 cm³/mol. The number of nitrogens with zero attached hydrogens (tertiary/aromatic N) is 1. The van der Waals surface area contributed by atoms with Crippen molar-refractivity contribution in [3.63, 3.8) is 0 Å². The second-order valence-electron chi connectivity index (χ2n) is 6.61. The van der Waals surface area contributed by atoms with Crippen molar-refractivity contribution in [3.8, 4) is 0 Å². The molecule has 1 amide bonds. The largest absolute Gasteiger partial charge is 0.359 e. The van der Waals surface area contributed by atoms with Crippen LogP contribution in [0, 0.1) is 0 Å². The maximum atomic E-state index is 12.4. The zero-order chi connectivity index (χ0) is 18.7. The minimum absolute atomic E-state index is 0.0614. The zero-order valence-electron chi connectivity index (χ0n) is 14.7. The smallest absolute Gasteiger partial charge is 0.239 e. The van der Waals surface area contributed by atoms with Crippen molar-refractivity contribution >= 4 is 21.6 Å². The van der Waals surface area contributed by atoms with Gasteiger partial charge in [0.2, 0.25) is 15.9 Å². The van der Waals surface area contributed by atoms with Gasteiger partial charge in [-0.15, -0.1) is 0 Å². The number of anilines is 1. The van der Waals surface area contributed by atoms with Gasteiger partial charge < -0.3 is 10.2 Å². The number of amides is 1. The summed E-state index contributed by atoms with van der Waals surface area (Å²) < 4.78 is 22.5. The van der Waals surface area contributed by atoms with Gasteiger partial charge >= 0.3 is 0 Å². The van der Waals surface area contributed by atoms with Gasteiger partial charge in [0.05, 0.1) is 11.4 Å². The van der Waals surface area contributed by atoms with E-state index in [2.05, 4.69) is 29.3 Å². The molecule has 1 aliphatic rings. The van der Waals surface area contributed by atoms with Crippen molar-refractivity contribution in [2.75, 3.05) is 11.4 Å². The number of aryl methyl sites for hydroxylation is 1. The van der Waals surface area contributed by atoms with Crippen LogP contribution >= 0.6 is 0 Å². The first-order chi connectivity index (χ1) is 12.3. The summed E-state index contributed by atoms with van der Waals surface area (Å²) in [5.74, 6) is -0.0657. The van der Waals surface area contributed by atoms with Crippen LogP contribution in [0.15, 0.2) is 53.4 Å². The number of primary sulfonamides is 1. The van der Waals surface area contributed by atoms with Gasteiger partial charge in [-0.2, -0.15) is 0 Å². The molecule has 0 fully saturated rings. The highest BCUT2D eigenvalue weighted by molar-refractivity contribution is 7.89. The molecule has 1 atom stereocenters. The van der Waals surface area contributed by atoms with Crippen LogP contribution in [-0.2, 0) is 27.8 Å². The number of nitrogens with two attached hydrogens (primary N) is 1. The number of nitrogens with one attached hydrogen (secondary N) is 1. The molecule has 3 rings (SSSR count). The van der Waals surface area contributed by atoms with Gasteiger partial charge in [-0.1, -0.05) is 30.3 Å². The third kappa shape index (κ3) is 4.23. The van der Waals surface area contributed by atoms with E-state index in [9.17, 15) is 13.2 Å². The highest BCUT2D eigenvalue weighted by Crippen LogP contribution is 2.29. The van der Waals surface area contributed by atoms with Crippen LogP contribution in [-0.4, -0.2) is 26.9 Å². The van der Waals surface area contributed by atoms with Crippen LogP contribution in [0.2, 0.25) is 0 Å². The maximum Gasteiger partial charge on any atom is 0.239 e. The van der Waals surface area contributed by atoms with Gasteiger partial charge in [0.15, 0.2) is 0 Å². The second kappa shape index (κ2) is 7.47. The summed E-state index contributed by atoms with van der Waals surface area (Å²) in [6.07, 6.45) is 2.06. The molecule has 2 aromatic carbocycles. The highest BCUT2D eigenvalue weighted by atomic mass is 32.2. The summed E-state index contributed by atoms with van der Waals surface area (Å²) >= 11 is 0. The lowest BCUT2D eigenvalue weighted by Gasteiger charge is -2.36. The molecular weight excluding hydrogens is 350 g/mol. The van der Waals surface area contributed by atoms with E-state index < -0.39 is 10.0 Å². The van der Waals surface area contributed by atoms with Crippen molar-refractivity contribution in [3.05, 3.63) is 59.7 Å². The fourth-order valence-electron chi connectivity index (χ4n) is 3.21. The maximum absolute atomic E-state index is 12.4. The van der Waals surface area contributed by atoms with E-state index in [1.165, 1.54) is 17.7 Å². The van der Waals surface area contributed by atoms with Gasteiger partial charge in [0.1, 0.15) is 0 Å². The molecule has 6 nitrogen and oxygen atoms in total. The Bertz CT molecular complexity index is 895. The summed E-state index contributed by atoms with van der Waals surface area (Å²) in [6, 6.07) is 14.7. The van der Waals surface area contributed by atoms with Crippen LogP contribution < -0.4 is 15.4 Å². The minimum Gasteiger partial charge on any atom is -0.359 e. The summed E-state index contributed by atoms with van der Waals surface area (Å²) in [4.78, 5) is 14.6. The molecule has 1 heterocycles. The number of hydrogen-bond acceptors (Lipinski definition) is 4. The van der Waals surface area contributed by atoms with Crippen molar-refractivity contribution in [2.24, 2.45) is 5.14 Å². The monoisotopic (exact) mass is 373 g/mol. The van der Waals surface area contributed by atoms with E-state index in [0.717, 1.165) is 24.1 Å². The van der Waals surface area contributed by atoms with Crippen LogP contribution in [0.1, 0.15) is 24.5 Å². The number of rotatable bonds is 5. The van der Waals surface area contributed by atoms with E-state index in [4.69, 9.17) is 5.14 Å². The standard InChI is InChI=1S/C19H23N3O3S/c1-14-6-9-16-4-2-3-5-18(16)22(14)13-19(23)21-12-15-7-10-17(11-8-15)26(20,24)25/h2-5,7-8,10-11,14H,6,9,12-13H2,1H3,(H,21,23)(H2,20,24,25)/t14-/m0/s1. The lowest BCUT2D eigenvalue weighted by Crippen LogP contribution is -2.44. The Balaban J connectivity index is 1.61. The first-order valence-electron chi connectivity index (χ1n) is 8.57. The zero-order valence-corrected chi connectivity index (χ0v) is 15.5. The van der Waals surface area contributed by atoms with E-state index in [1.807, 2.05) is 12.1 Å². The van der Waals surface area contributed by atoms with E-state index in [-0.39, 0.29) is 10.8 Å². The number of benzene rings is 2. The summed E-state index contributed by atoms with van der Waals surface area (Å²) in [5, 5.41) is 7.98. The Morgan fingerprint density at radius 3 is 2.58 bits per heavy atom. The van der Waals surface area contributed by atoms with Crippen molar-refractivity contribution in [2.45, 2.75) is 37.2 Å². The molecule has 0 saturated heterocycles. The number of sulfonamides is 1. The quantitative estimate of drug-likeness (QED) is 0.836. The Hall–Kier alpha value is -2.38. The molecule has 0 unspecified atom stereocenters. The number of carbonyl (C=O) groups is 1. The summed E-state index contributed by atoms with van der Waals surface area (Å²) in [6.45, 7) is 2.77. The van der Waals surface area contributed by atoms with Crippen molar-refractivity contribution < 1.29 is 13.2 Å². The molecule has 26 heavy (non-hydrogen) atoms. The molecular formula is C19H23N3O3S. The Morgan fingerprint density at radius 2 is 1.88 bits per heavy atom. The van der Waals surface area contributed by atoms with Gasteiger partial charge in [0.25, 0.3) is 0 Å². The lowest BCUT2D eigenvalue weighted by molar-refractivity contribution is -0.120. The molecule has 0 saturated carbocycles. The first kappa shape index (κ1) is 18.4. The van der Waals surface area contributed by atoms with Gasteiger partial charge in [0, 0.05) is 18.3 Å². The SMILES string of the molecule is C[C@H]1CCc2ccccc2N1CC(=O)NCc1ccc(S(N)(=O)=O)cc1. The highest BCUT2D eigenvalue weighted by Gasteiger charge is 2.24. The summed E-state index contributed by atoms with van der Waals surface area (Å²) in [5.41, 5.74) is 3.22. The number of para-hydroxylation sites is 1. The molecule has 0 bridgehead atoms. The Labute approximate surface area is 154 Å². The summed E-state index contributed by atoms with van der Waals surface area (Å²) in [7, 11) is -3.70. The van der Waals surface area contributed by atoms with E-state index in [0.29, 0.717) is 19.1 Å². The van der Waals surface area contributed by atoms with E-state index >= 15 is 0 Å². The lowest BCUT2D eigenvalue weighted by atomic mass is 9.96. The molecule has 2 aromatic rings. The fraction of sp³-hybridized carbons (Fsp3) is 0.316. The van der Waals surface area contributed by atoms with Gasteiger partial charge in [-0.25, -0.2) is 13.6 Å². The van der Waals surface area contributed by atoms with E-state index in [1.54, 1.807) is 12.1 Å². The molecule has 0 radical (unpaired) electrons. The fourth-order valence-corrected chi connectivity index (χ4v) is 3.72. The molecule has 0 aliphatic carbocycles. The van der Waals surface area contributed by atoms with Crippen LogP contribution in [0.3, 0.4) is 0 Å². The molecule has 3 N–H and O–H groups in total. The molecule has 7 heteroatoms. The average Bonchev–Trinajstić information content (AvgIpc) is 2.62. The average molecular weight is 373 g/mol. The minimum atomic E-state index is -3.70. The molecule has 0 aromatic heterocycles. The van der Waals surface area contributed by atoms with Crippen LogP contribution in [0.25, 0.3) is 0 Å². The normalized spacial score (nSPS) is 16.8. The Morgan fingerprint density at radius 1 is 1.19 bits per heavy atom. The Kier molecular flexibility index (Phi) is 5.29. The van der Waals surface area contributed by atoms with Crippen LogP contribution in [0.5, 0.6) is 0 Å². The molecule has 1 aliphatic heterocycles. The number of fused-ring (bicyclic) bond motifs is 1. The van der Waals surface area contributed by atoms with Crippen molar-refractivity contribution in [1.29, 1.82) is 0 Å². The molecule has 0 spiro atoms. The number of carbonyl (C=O) groups excluding carboxylic acids is 1. The van der Waals surface area contributed by atoms with Gasteiger partial charge in [-0.05, 0) is 49.1 Å². The van der Waals surface area contributed by atoms with Crippen molar-refractivity contribution in [1.82, 2.24) is 5.32 Å². The second-order valence-corrected chi connectivity index (χ2v) is 8.17.